The number of sulfone groups is 1. The highest BCUT2D eigenvalue weighted by atomic mass is 32.2. The molecule has 0 bridgehead atoms. The van der Waals surface area contributed by atoms with Crippen molar-refractivity contribution in [1.82, 2.24) is 9.29 Å². The Hall–Kier alpha value is -3.67. The molecule has 3 N–H and O–H groups in total. The first kappa shape index (κ1) is 28.8. The second kappa shape index (κ2) is 11.7. The summed E-state index contributed by atoms with van der Waals surface area (Å²) >= 11 is 0. The number of carbonyl (C=O) groups is 1. The third-order valence-electron chi connectivity index (χ3n) is 7.67. The number of fused-ring (bicyclic) bond motifs is 1. The Bertz CT molecular complexity index is 1780. The van der Waals surface area contributed by atoms with E-state index in [0.717, 1.165) is 10.9 Å². The highest BCUT2D eigenvalue weighted by molar-refractivity contribution is 7.90. The molecule has 1 aliphatic heterocycles. The van der Waals surface area contributed by atoms with E-state index in [1.54, 1.807) is 55.5 Å². The molecule has 41 heavy (non-hydrogen) atoms. The lowest BCUT2D eigenvalue weighted by Crippen LogP contribution is -2.38. The van der Waals surface area contributed by atoms with Crippen LogP contribution >= 0.6 is 0 Å². The van der Waals surface area contributed by atoms with Crippen molar-refractivity contribution in [3.05, 3.63) is 95.2 Å². The van der Waals surface area contributed by atoms with Crippen LogP contribution in [0.25, 0.3) is 10.9 Å². The van der Waals surface area contributed by atoms with Crippen molar-refractivity contribution >= 4 is 36.7 Å². The van der Waals surface area contributed by atoms with Gasteiger partial charge in [0.25, 0.3) is 5.91 Å². The number of rotatable bonds is 10. The Labute approximate surface area is 240 Å². The molecule has 9 nitrogen and oxygen atoms in total. The molecule has 11 heteroatoms. The molecule has 0 radical (unpaired) electrons. The number of primary amides is 1. The average molecular weight is 596 g/mol. The van der Waals surface area contributed by atoms with Crippen LogP contribution in [0.5, 0.6) is 5.75 Å². The lowest BCUT2D eigenvalue weighted by atomic mass is 9.89. The third-order valence-corrected chi connectivity index (χ3v) is 11.2. The standard InChI is InChI=1S/C30H33N3O6S2/c1-2-41(37,38)33-14-12-21(13-15-33)28-18-32-29-26(28)16-24(17-27(29)30(31)34)39-19-22-8-6-7-9-23(22)20-40(35,36)25-10-4-3-5-11-25/h3-11,16-18,21,32H,2,12-15,19-20H2,1H3,(H2,31,34). The minimum absolute atomic E-state index is 0.0781. The van der Waals surface area contributed by atoms with Crippen LogP contribution in [-0.2, 0) is 32.2 Å². The number of piperidine rings is 1. The van der Waals surface area contributed by atoms with E-state index in [9.17, 15) is 21.6 Å². The fraction of sp³-hybridized carbons (Fsp3) is 0.300. The van der Waals surface area contributed by atoms with E-state index in [2.05, 4.69) is 4.98 Å². The van der Waals surface area contributed by atoms with Gasteiger partial charge in [-0.15, -0.1) is 0 Å². The van der Waals surface area contributed by atoms with Crippen LogP contribution in [0.2, 0.25) is 0 Å². The van der Waals surface area contributed by atoms with Gasteiger partial charge in [-0.25, -0.2) is 21.1 Å². The Morgan fingerprint density at radius 1 is 0.976 bits per heavy atom. The lowest BCUT2D eigenvalue weighted by Gasteiger charge is -2.31. The molecule has 0 atom stereocenters. The van der Waals surface area contributed by atoms with Gasteiger partial charge in [0.05, 0.1) is 27.5 Å². The number of aromatic nitrogens is 1. The summed E-state index contributed by atoms with van der Waals surface area (Å²) in [5, 5.41) is 0.799. The van der Waals surface area contributed by atoms with E-state index in [1.165, 1.54) is 4.31 Å². The van der Waals surface area contributed by atoms with Crippen LogP contribution in [0, 0.1) is 0 Å². The number of nitrogens with two attached hydrogens (primary N) is 1. The summed E-state index contributed by atoms with van der Waals surface area (Å²) in [6.07, 6.45) is 3.18. The van der Waals surface area contributed by atoms with Gasteiger partial charge in [-0.1, -0.05) is 42.5 Å². The quantitative estimate of drug-likeness (QED) is 0.279. The summed E-state index contributed by atoms with van der Waals surface area (Å²) in [7, 11) is -6.79. The van der Waals surface area contributed by atoms with Crippen molar-refractivity contribution in [1.29, 1.82) is 0 Å². The van der Waals surface area contributed by atoms with Gasteiger partial charge < -0.3 is 15.5 Å². The van der Waals surface area contributed by atoms with E-state index < -0.39 is 25.8 Å². The molecule has 3 aromatic carbocycles. The highest BCUT2D eigenvalue weighted by Gasteiger charge is 2.29. The summed E-state index contributed by atoms with van der Waals surface area (Å²) in [5.41, 5.74) is 8.94. The summed E-state index contributed by atoms with van der Waals surface area (Å²) in [6, 6.07) is 19.0. The maximum absolute atomic E-state index is 13.0. The number of nitrogens with one attached hydrogen (secondary N) is 1. The molecule has 1 aliphatic rings. The van der Waals surface area contributed by atoms with Gasteiger partial charge in [-0.05, 0) is 66.6 Å². The number of hydrogen-bond acceptors (Lipinski definition) is 6. The fourth-order valence-electron chi connectivity index (χ4n) is 5.39. The molecule has 0 unspecified atom stereocenters. The minimum Gasteiger partial charge on any atom is -0.489 e. The molecule has 1 amide bonds. The summed E-state index contributed by atoms with van der Waals surface area (Å²) in [5.74, 6) is -0.163. The largest absolute Gasteiger partial charge is 0.489 e. The number of sulfonamides is 1. The van der Waals surface area contributed by atoms with Crippen molar-refractivity contribution < 1.29 is 26.4 Å². The van der Waals surface area contributed by atoms with Gasteiger partial charge in [-0.2, -0.15) is 0 Å². The molecule has 1 saturated heterocycles. The number of hydrogen-bond donors (Lipinski definition) is 2. The van der Waals surface area contributed by atoms with Crippen molar-refractivity contribution in [3.63, 3.8) is 0 Å². The Morgan fingerprint density at radius 3 is 2.29 bits per heavy atom. The molecule has 1 fully saturated rings. The first-order valence-corrected chi connectivity index (χ1v) is 16.7. The predicted octanol–water partition coefficient (Wildman–Crippen LogP) is 4.35. The smallest absolute Gasteiger partial charge is 0.250 e. The van der Waals surface area contributed by atoms with Gasteiger partial charge in [0.1, 0.15) is 12.4 Å². The SMILES string of the molecule is CCS(=O)(=O)N1CCC(c2c[nH]c3c(C(N)=O)cc(OCc4ccccc4CS(=O)(=O)c4ccccc4)cc23)CC1. The van der Waals surface area contributed by atoms with Gasteiger partial charge >= 0.3 is 0 Å². The van der Waals surface area contributed by atoms with Gasteiger partial charge in [0.15, 0.2) is 9.84 Å². The minimum atomic E-state index is -3.55. The van der Waals surface area contributed by atoms with Crippen LogP contribution in [0.1, 0.15) is 52.7 Å². The molecular formula is C30H33N3O6S2. The molecule has 5 rings (SSSR count). The lowest BCUT2D eigenvalue weighted by molar-refractivity contribution is 0.100. The van der Waals surface area contributed by atoms with Gasteiger partial charge in [0, 0.05) is 24.7 Å². The molecule has 0 saturated carbocycles. The van der Waals surface area contributed by atoms with E-state index in [0.29, 0.717) is 48.3 Å². The van der Waals surface area contributed by atoms with Crippen molar-refractivity contribution in [3.8, 4) is 5.75 Å². The average Bonchev–Trinajstić information content (AvgIpc) is 3.40. The van der Waals surface area contributed by atoms with E-state index in [-0.39, 0.29) is 34.5 Å². The summed E-state index contributed by atoms with van der Waals surface area (Å²) in [6.45, 7) is 2.62. The van der Waals surface area contributed by atoms with Crippen LogP contribution in [0.3, 0.4) is 0 Å². The summed E-state index contributed by atoms with van der Waals surface area (Å²) in [4.78, 5) is 15.8. The second-order valence-electron chi connectivity index (χ2n) is 10.2. The number of carbonyl (C=O) groups excluding carboxylic acids is 1. The van der Waals surface area contributed by atoms with E-state index >= 15 is 0 Å². The number of benzene rings is 3. The van der Waals surface area contributed by atoms with Gasteiger partial charge in [0.2, 0.25) is 10.0 Å². The molecule has 0 aliphatic carbocycles. The molecule has 1 aromatic heterocycles. The number of amides is 1. The first-order chi connectivity index (χ1) is 19.6. The highest BCUT2D eigenvalue weighted by Crippen LogP contribution is 2.37. The zero-order chi connectivity index (χ0) is 29.2. The third kappa shape index (κ3) is 6.17. The molecule has 0 spiro atoms. The van der Waals surface area contributed by atoms with Crippen LogP contribution in [0.4, 0.5) is 0 Å². The number of H-pyrrole nitrogens is 1. The zero-order valence-electron chi connectivity index (χ0n) is 22.7. The van der Waals surface area contributed by atoms with Crippen molar-refractivity contribution in [2.24, 2.45) is 5.73 Å². The molecular weight excluding hydrogens is 562 g/mol. The zero-order valence-corrected chi connectivity index (χ0v) is 24.4. The van der Waals surface area contributed by atoms with Crippen molar-refractivity contribution in [2.45, 2.75) is 42.9 Å². The van der Waals surface area contributed by atoms with E-state index in [1.807, 2.05) is 24.4 Å². The maximum Gasteiger partial charge on any atom is 0.250 e. The molecule has 4 aromatic rings. The monoisotopic (exact) mass is 595 g/mol. The maximum atomic E-state index is 13.0. The molecule has 2 heterocycles. The van der Waals surface area contributed by atoms with Gasteiger partial charge in [-0.3, -0.25) is 4.79 Å². The fourth-order valence-corrected chi connectivity index (χ4v) is 7.95. The summed E-state index contributed by atoms with van der Waals surface area (Å²) < 4.78 is 58.3. The predicted molar refractivity (Wildman–Crippen MR) is 158 cm³/mol. The van der Waals surface area contributed by atoms with Crippen LogP contribution in [0.15, 0.2) is 77.8 Å². The topological polar surface area (TPSA) is 140 Å². The Morgan fingerprint density at radius 2 is 1.63 bits per heavy atom. The normalized spacial score (nSPS) is 15.2. The Kier molecular flexibility index (Phi) is 8.21. The number of ether oxygens (including phenoxy) is 1. The number of nitrogens with zero attached hydrogens (tertiary/aromatic N) is 1. The van der Waals surface area contributed by atoms with Crippen LogP contribution in [-0.4, -0.2) is 50.9 Å². The number of aromatic amines is 1. The first-order valence-electron chi connectivity index (χ1n) is 13.5. The molecule has 216 valence electrons. The van der Waals surface area contributed by atoms with Crippen molar-refractivity contribution in [2.75, 3.05) is 18.8 Å². The van der Waals surface area contributed by atoms with Crippen LogP contribution < -0.4 is 10.5 Å². The van der Waals surface area contributed by atoms with E-state index in [4.69, 9.17) is 10.5 Å². The Balaban J connectivity index is 1.39. The second-order valence-corrected chi connectivity index (χ2v) is 14.5.